The summed E-state index contributed by atoms with van der Waals surface area (Å²) in [5.74, 6) is 0.642. The summed E-state index contributed by atoms with van der Waals surface area (Å²) in [7, 11) is 1.47. The van der Waals surface area contributed by atoms with Crippen LogP contribution in [0.4, 0.5) is 0 Å². The Bertz CT molecular complexity index is 1230. The second-order valence-electron chi connectivity index (χ2n) is 6.35. The van der Waals surface area contributed by atoms with Crippen LogP contribution in [0, 0.1) is 0 Å². The minimum atomic E-state index is 0.105. The van der Waals surface area contributed by atoms with Gasteiger partial charge in [-0.3, -0.25) is 4.98 Å². The van der Waals surface area contributed by atoms with E-state index in [1.807, 2.05) is 12.1 Å². The lowest BCUT2D eigenvalue weighted by atomic mass is 10.00. The Morgan fingerprint density at radius 3 is 2.06 bits per heavy atom. The molecule has 9 heteroatoms. The summed E-state index contributed by atoms with van der Waals surface area (Å²) in [5, 5.41) is 1.94. The van der Waals surface area contributed by atoms with Gasteiger partial charge in [0.15, 0.2) is 0 Å². The van der Waals surface area contributed by atoms with Crippen LogP contribution < -0.4 is 9.47 Å². The van der Waals surface area contributed by atoms with E-state index in [2.05, 4.69) is 15.0 Å². The van der Waals surface area contributed by atoms with Crippen molar-refractivity contribution in [3.63, 3.8) is 0 Å². The van der Waals surface area contributed by atoms with Crippen molar-refractivity contribution in [2.45, 2.75) is 0 Å². The molecule has 0 fully saturated rings. The van der Waals surface area contributed by atoms with Crippen molar-refractivity contribution in [2.75, 3.05) is 7.11 Å². The number of halogens is 4. The van der Waals surface area contributed by atoms with Crippen LogP contribution in [0.1, 0.15) is 0 Å². The number of hydrogen-bond acceptors (Lipinski definition) is 5. The number of nitrogens with zero attached hydrogens (tertiary/aromatic N) is 3. The van der Waals surface area contributed by atoms with E-state index < -0.39 is 0 Å². The fraction of sp³-hybridized carbons (Fsp3) is 0.0455. The maximum Gasteiger partial charge on any atom is 0.320 e. The Morgan fingerprint density at radius 1 is 0.710 bits per heavy atom. The molecule has 4 aromatic rings. The summed E-state index contributed by atoms with van der Waals surface area (Å²) in [6, 6.07) is 14.1. The number of ether oxygens (including phenoxy) is 2. The molecule has 0 N–H and O–H groups in total. The summed E-state index contributed by atoms with van der Waals surface area (Å²) in [4.78, 5) is 13.0. The molecule has 0 bridgehead atoms. The van der Waals surface area contributed by atoms with Crippen molar-refractivity contribution in [1.82, 2.24) is 15.0 Å². The predicted octanol–water partition coefficient (Wildman–Crippen LogP) is 7.62. The topological polar surface area (TPSA) is 57.1 Å². The molecule has 0 aliphatic heterocycles. The quantitative estimate of drug-likeness (QED) is 0.286. The first kappa shape index (κ1) is 21.7. The van der Waals surface area contributed by atoms with E-state index in [9.17, 15) is 0 Å². The Hall–Kier alpha value is -2.57. The summed E-state index contributed by atoms with van der Waals surface area (Å²) < 4.78 is 11.4. The lowest BCUT2D eigenvalue weighted by Crippen LogP contribution is -2.01. The molecule has 156 valence electrons. The zero-order valence-electron chi connectivity index (χ0n) is 15.9. The fourth-order valence-electron chi connectivity index (χ4n) is 2.92. The molecule has 4 rings (SSSR count). The zero-order chi connectivity index (χ0) is 22.0. The van der Waals surface area contributed by atoms with E-state index in [-0.39, 0.29) is 11.9 Å². The molecule has 0 radical (unpaired) electrons. The number of rotatable bonds is 5. The SMILES string of the molecule is COc1nc(Oc2cncc(Cl)c2)c(-c2ccc(Cl)cc2)c(-c2cc(Cl)cc(Cl)c2)n1. The molecule has 31 heavy (non-hydrogen) atoms. The molecule has 0 aliphatic carbocycles. The van der Waals surface area contributed by atoms with Crippen LogP contribution in [0.25, 0.3) is 22.4 Å². The van der Waals surface area contributed by atoms with Crippen LogP contribution >= 0.6 is 46.4 Å². The first-order valence-corrected chi connectivity index (χ1v) is 10.4. The van der Waals surface area contributed by atoms with Gasteiger partial charge in [-0.15, -0.1) is 0 Å². The Labute approximate surface area is 198 Å². The molecule has 0 aliphatic rings. The van der Waals surface area contributed by atoms with E-state index in [0.717, 1.165) is 5.56 Å². The van der Waals surface area contributed by atoms with E-state index in [1.165, 1.54) is 19.5 Å². The van der Waals surface area contributed by atoms with Gasteiger partial charge in [0.05, 0.1) is 29.6 Å². The highest BCUT2D eigenvalue weighted by Crippen LogP contribution is 2.41. The van der Waals surface area contributed by atoms with E-state index in [4.69, 9.17) is 55.9 Å². The molecular weight excluding hydrogens is 480 g/mol. The highest BCUT2D eigenvalue weighted by molar-refractivity contribution is 6.35. The average molecular weight is 493 g/mol. The minimum absolute atomic E-state index is 0.105. The molecule has 2 aromatic heterocycles. The summed E-state index contributed by atoms with van der Waals surface area (Å²) in [6.45, 7) is 0. The molecule has 2 aromatic carbocycles. The number of methoxy groups -OCH3 is 1. The van der Waals surface area contributed by atoms with Crippen LogP contribution in [0.2, 0.25) is 20.1 Å². The number of benzene rings is 2. The van der Waals surface area contributed by atoms with E-state index in [0.29, 0.717) is 42.7 Å². The van der Waals surface area contributed by atoms with Crippen molar-refractivity contribution < 1.29 is 9.47 Å². The normalized spacial score (nSPS) is 10.7. The molecule has 2 heterocycles. The molecule has 0 saturated heterocycles. The standard InChI is InChI=1S/C22H13Cl4N3O2/c1-30-22-28-20(13-6-15(24)8-16(25)7-13)19(12-2-4-14(23)5-3-12)21(29-22)31-18-9-17(26)10-27-11-18/h2-11H,1H3. The van der Waals surface area contributed by atoms with Crippen molar-refractivity contribution >= 4 is 46.4 Å². The lowest BCUT2D eigenvalue weighted by molar-refractivity contribution is 0.367. The van der Waals surface area contributed by atoms with Crippen molar-refractivity contribution in [1.29, 1.82) is 0 Å². The maximum absolute atomic E-state index is 6.25. The summed E-state index contributed by atoms with van der Waals surface area (Å²) in [5.41, 5.74) is 2.54. The van der Waals surface area contributed by atoms with Gasteiger partial charge in [-0.2, -0.15) is 9.97 Å². The zero-order valence-corrected chi connectivity index (χ0v) is 19.0. The summed E-state index contributed by atoms with van der Waals surface area (Å²) >= 11 is 24.7. The third-order valence-electron chi connectivity index (χ3n) is 4.20. The highest BCUT2D eigenvalue weighted by atomic mass is 35.5. The summed E-state index contributed by atoms with van der Waals surface area (Å²) in [6.07, 6.45) is 3.04. The molecule has 0 amide bonds. The van der Waals surface area contributed by atoms with Gasteiger partial charge >= 0.3 is 6.01 Å². The van der Waals surface area contributed by atoms with Gasteiger partial charge in [0.25, 0.3) is 0 Å². The maximum atomic E-state index is 6.25. The average Bonchev–Trinajstić information content (AvgIpc) is 2.73. The molecule has 0 atom stereocenters. The second kappa shape index (κ2) is 9.28. The van der Waals surface area contributed by atoms with Gasteiger partial charge in [-0.05, 0) is 35.9 Å². The fourth-order valence-corrected chi connectivity index (χ4v) is 3.74. The first-order valence-electron chi connectivity index (χ1n) is 8.90. The molecule has 0 spiro atoms. The number of aromatic nitrogens is 3. The van der Waals surface area contributed by atoms with Gasteiger partial charge < -0.3 is 9.47 Å². The molecular formula is C22H13Cl4N3O2. The second-order valence-corrected chi connectivity index (χ2v) is 8.09. The number of pyridine rings is 1. The monoisotopic (exact) mass is 491 g/mol. The van der Waals surface area contributed by atoms with Gasteiger partial charge in [0, 0.05) is 32.9 Å². The van der Waals surface area contributed by atoms with Gasteiger partial charge in [-0.25, -0.2) is 0 Å². The lowest BCUT2D eigenvalue weighted by Gasteiger charge is -2.16. The Kier molecular flexibility index (Phi) is 6.49. The first-order chi connectivity index (χ1) is 14.9. The van der Waals surface area contributed by atoms with Crippen LogP contribution in [0.3, 0.4) is 0 Å². The minimum Gasteiger partial charge on any atom is -0.467 e. The van der Waals surface area contributed by atoms with Crippen LogP contribution in [-0.4, -0.2) is 22.1 Å². The Morgan fingerprint density at radius 2 is 1.42 bits per heavy atom. The van der Waals surface area contributed by atoms with E-state index >= 15 is 0 Å². The molecule has 0 saturated carbocycles. The van der Waals surface area contributed by atoms with Gasteiger partial charge in [-0.1, -0.05) is 58.5 Å². The highest BCUT2D eigenvalue weighted by Gasteiger charge is 2.21. The molecule has 5 nitrogen and oxygen atoms in total. The largest absolute Gasteiger partial charge is 0.467 e. The number of hydrogen-bond donors (Lipinski definition) is 0. The van der Waals surface area contributed by atoms with E-state index in [1.54, 1.807) is 36.4 Å². The van der Waals surface area contributed by atoms with Crippen molar-refractivity contribution in [3.05, 3.63) is 81.0 Å². The van der Waals surface area contributed by atoms with Crippen LogP contribution in [0.5, 0.6) is 17.6 Å². The predicted molar refractivity (Wildman–Crippen MR) is 124 cm³/mol. The Balaban J connectivity index is 1.99. The third-order valence-corrected chi connectivity index (χ3v) is 5.10. The molecule has 0 unspecified atom stereocenters. The smallest absolute Gasteiger partial charge is 0.320 e. The van der Waals surface area contributed by atoms with Gasteiger partial charge in [0.1, 0.15) is 5.75 Å². The van der Waals surface area contributed by atoms with Gasteiger partial charge in [0.2, 0.25) is 5.88 Å². The van der Waals surface area contributed by atoms with Crippen LogP contribution in [-0.2, 0) is 0 Å². The van der Waals surface area contributed by atoms with Crippen molar-refractivity contribution in [3.8, 4) is 40.0 Å². The van der Waals surface area contributed by atoms with Crippen molar-refractivity contribution in [2.24, 2.45) is 0 Å². The van der Waals surface area contributed by atoms with Crippen LogP contribution in [0.15, 0.2) is 60.9 Å². The third kappa shape index (κ3) is 5.02.